The van der Waals surface area contributed by atoms with Gasteiger partial charge in [0.15, 0.2) is 0 Å². The number of carbonyl (C=O) groups is 1. The zero-order valence-electron chi connectivity index (χ0n) is 16.9. The molecule has 2 nitrogen and oxygen atoms in total. The van der Waals surface area contributed by atoms with Crippen LogP contribution in [-0.2, 0) is 9.53 Å². The molecule has 0 amide bonds. The highest BCUT2D eigenvalue weighted by molar-refractivity contribution is 5.79. The lowest BCUT2D eigenvalue weighted by Crippen LogP contribution is -2.52. The van der Waals surface area contributed by atoms with Gasteiger partial charge in [-0.3, -0.25) is 4.79 Å². The Morgan fingerprint density at radius 1 is 0.960 bits per heavy atom. The average molecular weight is 347 g/mol. The molecule has 4 rings (SSSR count). The first kappa shape index (κ1) is 18.0. The van der Waals surface area contributed by atoms with Crippen molar-refractivity contribution in [3.63, 3.8) is 0 Å². The van der Waals surface area contributed by atoms with Crippen LogP contribution < -0.4 is 0 Å². The fourth-order valence-electron chi connectivity index (χ4n) is 8.47. The van der Waals surface area contributed by atoms with E-state index >= 15 is 0 Å². The van der Waals surface area contributed by atoms with E-state index in [9.17, 15) is 4.79 Å². The van der Waals surface area contributed by atoms with E-state index in [2.05, 4.69) is 13.8 Å². The van der Waals surface area contributed by atoms with Crippen LogP contribution in [-0.4, -0.2) is 19.5 Å². The first-order chi connectivity index (χ1) is 11.9. The molecule has 0 saturated heterocycles. The van der Waals surface area contributed by atoms with Gasteiger partial charge in [-0.25, -0.2) is 0 Å². The molecule has 0 aliphatic heterocycles. The molecular weight excluding hydrogens is 308 g/mol. The summed E-state index contributed by atoms with van der Waals surface area (Å²) in [5, 5.41) is 0. The van der Waals surface area contributed by atoms with Gasteiger partial charge in [-0.15, -0.1) is 0 Å². The van der Waals surface area contributed by atoms with Crippen molar-refractivity contribution in [2.75, 3.05) is 13.7 Å². The minimum atomic E-state index is 0.313. The minimum Gasteiger partial charge on any atom is -0.384 e. The third kappa shape index (κ3) is 2.73. The Labute approximate surface area is 154 Å². The maximum Gasteiger partial charge on any atom is 0.133 e. The van der Waals surface area contributed by atoms with Gasteiger partial charge in [-0.2, -0.15) is 0 Å². The highest BCUT2D eigenvalue weighted by atomic mass is 16.5. The van der Waals surface area contributed by atoms with Crippen LogP contribution in [0.25, 0.3) is 0 Å². The largest absolute Gasteiger partial charge is 0.384 e. The summed E-state index contributed by atoms with van der Waals surface area (Å²) >= 11 is 0. The van der Waals surface area contributed by atoms with Gasteiger partial charge in [-0.1, -0.05) is 13.8 Å². The van der Waals surface area contributed by atoms with Crippen molar-refractivity contribution in [1.82, 2.24) is 0 Å². The van der Waals surface area contributed by atoms with Crippen LogP contribution in [0.1, 0.15) is 78.6 Å². The molecule has 0 spiro atoms. The smallest absolute Gasteiger partial charge is 0.133 e. The number of Topliss-reactive ketones (excluding diaryl/α,β-unsaturated/α-hetero) is 1. The van der Waals surface area contributed by atoms with E-state index in [0.29, 0.717) is 22.5 Å². The zero-order valence-corrected chi connectivity index (χ0v) is 16.9. The molecule has 0 heterocycles. The average Bonchev–Trinajstić information content (AvgIpc) is 2.91. The van der Waals surface area contributed by atoms with Crippen LogP contribution in [0.3, 0.4) is 0 Å². The summed E-state index contributed by atoms with van der Waals surface area (Å²) in [6.45, 7) is 7.86. The molecule has 8 atom stereocenters. The Balaban J connectivity index is 1.54. The molecule has 4 aliphatic rings. The number of ether oxygens (including phenoxy) is 1. The number of carbonyl (C=O) groups excluding carboxylic acids is 1. The van der Waals surface area contributed by atoms with Crippen LogP contribution in [0.2, 0.25) is 0 Å². The molecule has 4 aliphatic carbocycles. The summed E-state index contributed by atoms with van der Waals surface area (Å²) in [5.74, 6) is 5.19. The number of ketones is 1. The van der Waals surface area contributed by atoms with Gasteiger partial charge in [-0.05, 0) is 105 Å². The first-order valence-corrected chi connectivity index (χ1v) is 10.9. The minimum absolute atomic E-state index is 0.313. The van der Waals surface area contributed by atoms with Crippen molar-refractivity contribution in [2.45, 2.75) is 78.6 Å². The molecule has 0 aromatic heterocycles. The van der Waals surface area contributed by atoms with Crippen molar-refractivity contribution in [1.29, 1.82) is 0 Å². The van der Waals surface area contributed by atoms with Crippen LogP contribution in [0.4, 0.5) is 0 Å². The highest BCUT2D eigenvalue weighted by Crippen LogP contribution is 2.66. The van der Waals surface area contributed by atoms with Crippen LogP contribution in [0.15, 0.2) is 0 Å². The lowest BCUT2D eigenvalue weighted by Gasteiger charge is -2.60. The Morgan fingerprint density at radius 3 is 2.36 bits per heavy atom. The lowest BCUT2D eigenvalue weighted by molar-refractivity contribution is -0.132. The number of rotatable bonds is 3. The summed E-state index contributed by atoms with van der Waals surface area (Å²) in [4.78, 5) is 12.2. The number of fused-ring (bicyclic) bond motifs is 5. The van der Waals surface area contributed by atoms with Gasteiger partial charge >= 0.3 is 0 Å². The predicted octanol–water partition coefficient (Wildman–Crippen LogP) is 5.50. The third-order valence-corrected chi connectivity index (χ3v) is 9.49. The van der Waals surface area contributed by atoms with Gasteiger partial charge in [0.2, 0.25) is 0 Å². The Bertz CT molecular complexity index is 528. The van der Waals surface area contributed by atoms with E-state index < -0.39 is 0 Å². The summed E-state index contributed by atoms with van der Waals surface area (Å²) < 4.78 is 5.48. The normalized spacial score (nSPS) is 52.2. The maximum absolute atomic E-state index is 12.2. The molecule has 142 valence electrons. The lowest BCUT2D eigenvalue weighted by atomic mass is 9.45. The Hall–Kier alpha value is -0.370. The van der Waals surface area contributed by atoms with Crippen LogP contribution in [0.5, 0.6) is 0 Å². The number of hydrogen-bond donors (Lipinski definition) is 0. The van der Waals surface area contributed by atoms with Crippen molar-refractivity contribution in [3.8, 4) is 0 Å². The molecule has 0 bridgehead atoms. The first-order valence-electron chi connectivity index (χ1n) is 10.9. The highest BCUT2D eigenvalue weighted by Gasteiger charge is 2.59. The Morgan fingerprint density at radius 2 is 1.64 bits per heavy atom. The quantitative estimate of drug-likeness (QED) is 0.675. The van der Waals surface area contributed by atoms with Gasteiger partial charge in [0.1, 0.15) is 5.78 Å². The second-order valence-electron chi connectivity index (χ2n) is 10.6. The van der Waals surface area contributed by atoms with Crippen LogP contribution in [0, 0.1) is 46.3 Å². The van der Waals surface area contributed by atoms with Crippen LogP contribution >= 0.6 is 0 Å². The van der Waals surface area contributed by atoms with E-state index in [1.54, 1.807) is 0 Å². The fourth-order valence-corrected chi connectivity index (χ4v) is 8.47. The molecule has 0 radical (unpaired) electrons. The molecule has 0 N–H and O–H groups in total. The van der Waals surface area contributed by atoms with Crippen molar-refractivity contribution >= 4 is 5.78 Å². The summed E-state index contributed by atoms with van der Waals surface area (Å²) in [6, 6.07) is 0. The van der Waals surface area contributed by atoms with Crippen molar-refractivity contribution in [3.05, 3.63) is 0 Å². The molecule has 25 heavy (non-hydrogen) atoms. The van der Waals surface area contributed by atoms with Gasteiger partial charge < -0.3 is 4.74 Å². The molecule has 0 aromatic carbocycles. The monoisotopic (exact) mass is 346 g/mol. The second kappa shape index (κ2) is 6.36. The Kier molecular flexibility index (Phi) is 4.58. The fraction of sp³-hybridized carbons (Fsp3) is 0.957. The maximum atomic E-state index is 12.2. The molecule has 2 heteroatoms. The number of methoxy groups -OCH3 is 1. The van der Waals surface area contributed by atoms with Gasteiger partial charge in [0, 0.05) is 19.6 Å². The summed E-state index contributed by atoms with van der Waals surface area (Å²) in [5.41, 5.74) is 0.864. The van der Waals surface area contributed by atoms with Crippen molar-refractivity contribution in [2.24, 2.45) is 46.3 Å². The molecule has 4 fully saturated rings. The topological polar surface area (TPSA) is 26.3 Å². The molecule has 8 unspecified atom stereocenters. The summed E-state index contributed by atoms with van der Waals surface area (Å²) in [6.07, 6.45) is 12.2. The third-order valence-electron chi connectivity index (χ3n) is 9.49. The second-order valence-corrected chi connectivity index (χ2v) is 10.6. The zero-order chi connectivity index (χ0) is 17.8. The van der Waals surface area contributed by atoms with E-state index in [0.717, 1.165) is 42.6 Å². The van der Waals surface area contributed by atoms with Crippen molar-refractivity contribution < 1.29 is 9.53 Å². The van der Waals surface area contributed by atoms with E-state index in [1.807, 2.05) is 14.0 Å². The number of hydrogen-bond acceptors (Lipinski definition) is 2. The molecule has 0 aromatic rings. The standard InChI is InChI=1S/C23H38O2/c1-15(24)19-7-8-21-18-9-11-22(2)13-16(14-25-4)5-6-20(22)17(18)10-12-23(19,21)3/h16-21H,5-14H2,1-4H3. The SMILES string of the molecule is COCC1CCC2C3CCC4(C)C(C(C)=O)CCC4C3CCC2(C)C1. The van der Waals surface area contributed by atoms with E-state index in [-0.39, 0.29) is 0 Å². The molecule has 4 saturated carbocycles. The molecular formula is C23H38O2. The summed E-state index contributed by atoms with van der Waals surface area (Å²) in [7, 11) is 1.86. The van der Waals surface area contributed by atoms with E-state index in [4.69, 9.17) is 4.74 Å². The van der Waals surface area contributed by atoms with E-state index in [1.165, 1.54) is 51.4 Å². The predicted molar refractivity (Wildman–Crippen MR) is 101 cm³/mol. The van der Waals surface area contributed by atoms with Gasteiger partial charge in [0.05, 0.1) is 0 Å². The van der Waals surface area contributed by atoms with Gasteiger partial charge in [0.25, 0.3) is 0 Å².